The molecule has 3 aromatic carbocycles. The molecule has 15 heteroatoms. The minimum atomic E-state index is -4.88. The number of hydrogen-bond acceptors (Lipinski definition) is 4. The van der Waals surface area contributed by atoms with Gasteiger partial charge in [0.1, 0.15) is 10.6 Å². The van der Waals surface area contributed by atoms with E-state index in [-0.39, 0.29) is 5.69 Å². The molecule has 41 heavy (non-hydrogen) atoms. The van der Waals surface area contributed by atoms with Gasteiger partial charge in [-0.2, -0.15) is 34.8 Å². The number of alkyl halides is 6. The Labute approximate surface area is 236 Å². The van der Waals surface area contributed by atoms with Gasteiger partial charge in [0.2, 0.25) is 0 Å². The van der Waals surface area contributed by atoms with E-state index >= 15 is 0 Å². The van der Waals surface area contributed by atoms with Crippen LogP contribution in [0.25, 0.3) is 0 Å². The van der Waals surface area contributed by atoms with Gasteiger partial charge >= 0.3 is 18.4 Å². The highest BCUT2D eigenvalue weighted by molar-refractivity contribution is 7.86. The van der Waals surface area contributed by atoms with E-state index in [1.165, 1.54) is 12.1 Å². The number of ether oxygens (including phenoxy) is 1. The van der Waals surface area contributed by atoms with E-state index in [4.69, 9.17) is 16.3 Å². The molecule has 3 N–H and O–H groups in total. The average Bonchev–Trinajstić information content (AvgIpc) is 2.84. The Balaban J connectivity index is 2.02. The summed E-state index contributed by atoms with van der Waals surface area (Å²) in [5.74, 6) is -0.925. The molecular formula is C26H23ClF6N2O5S. The standard InChI is InChI=1S/C26H23ClF6N2O5S/c1-4-24(2,3)14-5-10-21(22(12-14)41(37,38)39)40-20-9-6-15(25(28,29)30)11-19(20)35-23(36)34-16-7-8-18(27)17(13-16)26(31,32)33/h5-13H,4H2,1-3H3,(H2,34,35,36)(H,37,38,39). The van der Waals surface area contributed by atoms with Gasteiger partial charge in [-0.15, -0.1) is 0 Å². The number of urea groups is 1. The van der Waals surface area contributed by atoms with Crippen LogP contribution in [-0.2, 0) is 27.9 Å². The van der Waals surface area contributed by atoms with Gasteiger partial charge in [0.25, 0.3) is 10.1 Å². The molecule has 0 unspecified atom stereocenters. The lowest BCUT2D eigenvalue weighted by Crippen LogP contribution is -2.21. The molecule has 0 fully saturated rings. The van der Waals surface area contributed by atoms with Crippen molar-refractivity contribution in [3.05, 3.63) is 76.3 Å². The van der Waals surface area contributed by atoms with Gasteiger partial charge in [-0.1, -0.05) is 38.4 Å². The Bertz CT molecular complexity index is 1570. The van der Waals surface area contributed by atoms with Crippen LogP contribution in [0.15, 0.2) is 59.5 Å². The quantitative estimate of drug-likeness (QED) is 0.180. The summed E-state index contributed by atoms with van der Waals surface area (Å²) in [6.07, 6.45) is -9.12. The first kappa shape index (κ1) is 32.0. The first-order chi connectivity index (χ1) is 18.7. The maximum atomic E-state index is 13.4. The molecular weight excluding hydrogens is 602 g/mol. The first-order valence-corrected chi connectivity index (χ1v) is 13.5. The second kappa shape index (κ2) is 11.4. The molecule has 3 rings (SSSR count). The number of carbonyl (C=O) groups excluding carboxylic acids is 1. The van der Waals surface area contributed by atoms with Crippen molar-refractivity contribution < 1.29 is 48.8 Å². The van der Waals surface area contributed by atoms with Crippen molar-refractivity contribution in [2.75, 3.05) is 10.6 Å². The number of amides is 2. The molecule has 0 aromatic heterocycles. The van der Waals surface area contributed by atoms with Gasteiger partial charge in [-0.25, -0.2) is 4.79 Å². The zero-order chi connectivity index (χ0) is 31.0. The summed E-state index contributed by atoms with van der Waals surface area (Å²) in [5, 5.41) is 3.49. The maximum absolute atomic E-state index is 13.4. The van der Waals surface area contributed by atoms with E-state index in [1.807, 2.05) is 20.8 Å². The predicted octanol–water partition coefficient (Wildman–Crippen LogP) is 8.75. The minimum Gasteiger partial charge on any atom is -0.454 e. The van der Waals surface area contributed by atoms with Gasteiger partial charge in [-0.05, 0) is 65.9 Å². The van der Waals surface area contributed by atoms with Crippen LogP contribution < -0.4 is 15.4 Å². The molecule has 0 radical (unpaired) electrons. The van der Waals surface area contributed by atoms with E-state index in [0.29, 0.717) is 30.2 Å². The van der Waals surface area contributed by atoms with E-state index in [1.54, 1.807) is 0 Å². The Kier molecular flexibility index (Phi) is 8.92. The molecule has 0 heterocycles. The summed E-state index contributed by atoms with van der Waals surface area (Å²) in [7, 11) is -4.88. The van der Waals surface area contributed by atoms with Crippen molar-refractivity contribution in [2.24, 2.45) is 0 Å². The summed E-state index contributed by atoms with van der Waals surface area (Å²) in [4.78, 5) is 11.9. The number of halogens is 7. The summed E-state index contributed by atoms with van der Waals surface area (Å²) >= 11 is 5.56. The Morgan fingerprint density at radius 2 is 1.49 bits per heavy atom. The molecule has 0 bridgehead atoms. The molecule has 0 spiro atoms. The Hall–Kier alpha value is -3.49. The van der Waals surface area contributed by atoms with Crippen molar-refractivity contribution in [3.63, 3.8) is 0 Å². The zero-order valence-corrected chi connectivity index (χ0v) is 23.1. The third-order valence-corrected chi connectivity index (χ3v) is 7.40. The molecule has 3 aromatic rings. The fourth-order valence-corrected chi connectivity index (χ4v) is 4.40. The monoisotopic (exact) mass is 624 g/mol. The van der Waals surface area contributed by atoms with Crippen molar-refractivity contribution in [1.82, 2.24) is 0 Å². The van der Waals surface area contributed by atoms with Crippen LogP contribution in [0.5, 0.6) is 11.5 Å². The number of rotatable bonds is 7. The van der Waals surface area contributed by atoms with E-state index in [0.717, 1.165) is 24.3 Å². The largest absolute Gasteiger partial charge is 0.454 e. The predicted molar refractivity (Wildman–Crippen MR) is 140 cm³/mol. The SMILES string of the molecule is CCC(C)(C)c1ccc(Oc2ccc(C(F)(F)F)cc2NC(=O)Nc2ccc(Cl)c(C(F)(F)F)c2)c(S(=O)(=O)O)c1. The highest BCUT2D eigenvalue weighted by atomic mass is 35.5. The fourth-order valence-electron chi connectivity index (χ4n) is 3.54. The second-order valence-corrected chi connectivity index (χ2v) is 11.3. The average molecular weight is 625 g/mol. The van der Waals surface area contributed by atoms with Crippen molar-refractivity contribution in [2.45, 2.75) is 49.9 Å². The molecule has 2 amide bonds. The lowest BCUT2D eigenvalue weighted by Gasteiger charge is -2.24. The molecule has 0 saturated carbocycles. The number of hydrogen-bond donors (Lipinski definition) is 3. The molecule has 0 saturated heterocycles. The summed E-state index contributed by atoms with van der Waals surface area (Å²) in [6, 6.07) is 6.96. The number of nitrogens with one attached hydrogen (secondary N) is 2. The van der Waals surface area contributed by atoms with Crippen LogP contribution in [0.2, 0.25) is 5.02 Å². The highest BCUT2D eigenvalue weighted by Gasteiger charge is 2.34. The normalized spacial score (nSPS) is 12.7. The van der Waals surface area contributed by atoms with Crippen LogP contribution in [0.3, 0.4) is 0 Å². The minimum absolute atomic E-state index is 0.378. The molecule has 7 nitrogen and oxygen atoms in total. The topological polar surface area (TPSA) is 105 Å². The van der Waals surface area contributed by atoms with Gasteiger partial charge in [0.05, 0.1) is 21.8 Å². The molecule has 0 aliphatic rings. The summed E-state index contributed by atoms with van der Waals surface area (Å²) in [5.41, 5.74) is -3.46. The number of anilines is 2. The molecule has 0 aliphatic heterocycles. The van der Waals surface area contributed by atoms with Gasteiger partial charge < -0.3 is 15.4 Å². The van der Waals surface area contributed by atoms with Crippen LogP contribution in [-0.4, -0.2) is 19.0 Å². The third-order valence-electron chi connectivity index (χ3n) is 6.19. The Morgan fingerprint density at radius 3 is 2.05 bits per heavy atom. The highest BCUT2D eigenvalue weighted by Crippen LogP contribution is 2.40. The summed E-state index contributed by atoms with van der Waals surface area (Å²) in [6.45, 7) is 5.51. The lowest BCUT2D eigenvalue weighted by molar-refractivity contribution is -0.138. The number of benzene rings is 3. The van der Waals surface area contributed by atoms with Crippen molar-refractivity contribution >= 4 is 39.1 Å². The smallest absolute Gasteiger partial charge is 0.417 e. The van der Waals surface area contributed by atoms with Crippen LogP contribution in [0, 0.1) is 0 Å². The molecule has 0 aliphatic carbocycles. The zero-order valence-electron chi connectivity index (χ0n) is 21.5. The summed E-state index contributed by atoms with van der Waals surface area (Å²) < 4.78 is 119. The first-order valence-electron chi connectivity index (χ1n) is 11.7. The van der Waals surface area contributed by atoms with E-state index in [2.05, 4.69) is 10.6 Å². The van der Waals surface area contributed by atoms with Gasteiger partial charge in [0.15, 0.2) is 5.75 Å². The van der Waals surface area contributed by atoms with Crippen molar-refractivity contribution in [1.29, 1.82) is 0 Å². The van der Waals surface area contributed by atoms with Crippen LogP contribution in [0.1, 0.15) is 43.9 Å². The van der Waals surface area contributed by atoms with Crippen LogP contribution >= 0.6 is 11.6 Å². The third kappa shape index (κ3) is 7.83. The lowest BCUT2D eigenvalue weighted by atomic mass is 9.82. The van der Waals surface area contributed by atoms with Gasteiger partial charge in [0, 0.05) is 5.69 Å². The molecule has 222 valence electrons. The second-order valence-electron chi connectivity index (χ2n) is 9.46. The maximum Gasteiger partial charge on any atom is 0.417 e. The molecule has 0 atom stereocenters. The number of carbonyl (C=O) groups is 1. The van der Waals surface area contributed by atoms with E-state index < -0.39 is 72.1 Å². The fraction of sp³-hybridized carbons (Fsp3) is 0.269. The van der Waals surface area contributed by atoms with Crippen molar-refractivity contribution in [3.8, 4) is 11.5 Å². The Morgan fingerprint density at radius 1 is 0.878 bits per heavy atom. The van der Waals surface area contributed by atoms with Gasteiger partial charge in [-0.3, -0.25) is 4.55 Å². The van der Waals surface area contributed by atoms with Crippen LogP contribution in [0.4, 0.5) is 42.5 Å². The van der Waals surface area contributed by atoms with E-state index in [9.17, 15) is 44.1 Å².